The largest absolute Gasteiger partial charge is 0.481 e. The van der Waals surface area contributed by atoms with Crippen molar-refractivity contribution in [2.75, 3.05) is 4.90 Å². The molecule has 1 amide bonds. The molecule has 2 saturated carbocycles. The molecule has 5 atom stereocenters. The fourth-order valence-corrected chi connectivity index (χ4v) is 5.06. The second-order valence-electron chi connectivity index (χ2n) is 7.11. The molecular formula is C18H21NO3. The van der Waals surface area contributed by atoms with Crippen molar-refractivity contribution in [3.8, 4) is 0 Å². The summed E-state index contributed by atoms with van der Waals surface area (Å²) in [5.41, 5.74) is 2.17. The van der Waals surface area contributed by atoms with Crippen LogP contribution < -0.4 is 4.90 Å². The van der Waals surface area contributed by atoms with Crippen LogP contribution in [0.2, 0.25) is 0 Å². The summed E-state index contributed by atoms with van der Waals surface area (Å²) in [6.45, 7) is 2.06. The van der Waals surface area contributed by atoms with E-state index in [1.807, 2.05) is 23.1 Å². The van der Waals surface area contributed by atoms with Crippen molar-refractivity contribution in [2.24, 2.45) is 23.7 Å². The van der Waals surface area contributed by atoms with Crippen molar-refractivity contribution < 1.29 is 14.7 Å². The van der Waals surface area contributed by atoms with Gasteiger partial charge in [-0.25, -0.2) is 0 Å². The van der Waals surface area contributed by atoms with Gasteiger partial charge in [-0.1, -0.05) is 18.2 Å². The number of anilines is 1. The minimum absolute atomic E-state index is 0.0389. The van der Waals surface area contributed by atoms with Gasteiger partial charge in [-0.2, -0.15) is 0 Å². The number of carboxylic acids is 1. The van der Waals surface area contributed by atoms with Crippen molar-refractivity contribution in [1.29, 1.82) is 0 Å². The van der Waals surface area contributed by atoms with Crippen LogP contribution in [0.1, 0.15) is 31.7 Å². The highest BCUT2D eigenvalue weighted by atomic mass is 16.4. The molecule has 1 heterocycles. The Kier molecular flexibility index (Phi) is 3.03. The number of carbonyl (C=O) groups is 2. The van der Waals surface area contributed by atoms with Gasteiger partial charge in [-0.15, -0.1) is 0 Å². The quantitative estimate of drug-likeness (QED) is 0.913. The van der Waals surface area contributed by atoms with Gasteiger partial charge in [-0.3, -0.25) is 9.59 Å². The minimum Gasteiger partial charge on any atom is -0.481 e. The summed E-state index contributed by atoms with van der Waals surface area (Å²) in [7, 11) is 0. The zero-order valence-corrected chi connectivity index (χ0v) is 12.7. The molecule has 1 aromatic carbocycles. The zero-order valence-electron chi connectivity index (χ0n) is 12.7. The first-order valence-electron chi connectivity index (χ1n) is 8.21. The van der Waals surface area contributed by atoms with Crippen LogP contribution in [0.4, 0.5) is 5.69 Å². The van der Waals surface area contributed by atoms with E-state index in [-0.39, 0.29) is 29.7 Å². The Labute approximate surface area is 130 Å². The number of aliphatic carboxylic acids is 1. The molecule has 0 saturated heterocycles. The van der Waals surface area contributed by atoms with E-state index in [0.717, 1.165) is 31.4 Å². The predicted molar refractivity (Wildman–Crippen MR) is 82.5 cm³/mol. The van der Waals surface area contributed by atoms with Crippen LogP contribution in [0.15, 0.2) is 24.3 Å². The molecule has 0 spiro atoms. The van der Waals surface area contributed by atoms with Gasteiger partial charge in [0.15, 0.2) is 0 Å². The summed E-state index contributed by atoms with van der Waals surface area (Å²) in [5.74, 6) is -1.10. The van der Waals surface area contributed by atoms with Crippen LogP contribution in [0.25, 0.3) is 0 Å². The van der Waals surface area contributed by atoms with Crippen molar-refractivity contribution in [3.63, 3.8) is 0 Å². The third-order valence-electron chi connectivity index (χ3n) is 5.93. The van der Waals surface area contributed by atoms with E-state index in [1.165, 1.54) is 5.56 Å². The van der Waals surface area contributed by atoms with E-state index in [0.29, 0.717) is 0 Å². The maximum absolute atomic E-state index is 13.2. The van der Waals surface area contributed by atoms with Gasteiger partial charge < -0.3 is 10.0 Å². The van der Waals surface area contributed by atoms with Crippen LogP contribution >= 0.6 is 0 Å². The third kappa shape index (κ3) is 1.82. The normalized spacial score (nSPS) is 35.7. The number of benzene rings is 1. The van der Waals surface area contributed by atoms with E-state index >= 15 is 0 Å². The summed E-state index contributed by atoms with van der Waals surface area (Å²) >= 11 is 0. The summed E-state index contributed by atoms with van der Waals surface area (Å²) in [4.78, 5) is 26.7. The molecule has 0 aromatic heterocycles. The molecule has 1 aromatic rings. The van der Waals surface area contributed by atoms with E-state index in [1.54, 1.807) is 0 Å². The monoisotopic (exact) mass is 299 g/mol. The average Bonchev–Trinajstić information content (AvgIpc) is 3.17. The number of amides is 1. The fourth-order valence-electron chi connectivity index (χ4n) is 5.06. The molecule has 4 nitrogen and oxygen atoms in total. The van der Waals surface area contributed by atoms with Gasteiger partial charge in [0.05, 0.1) is 11.8 Å². The Hall–Kier alpha value is -1.84. The maximum Gasteiger partial charge on any atom is 0.307 e. The van der Waals surface area contributed by atoms with Crippen LogP contribution in [0, 0.1) is 23.7 Å². The Morgan fingerprint density at radius 2 is 1.82 bits per heavy atom. The maximum atomic E-state index is 13.2. The molecule has 4 heteroatoms. The van der Waals surface area contributed by atoms with Crippen molar-refractivity contribution in [3.05, 3.63) is 29.8 Å². The van der Waals surface area contributed by atoms with Crippen LogP contribution in [-0.4, -0.2) is 23.0 Å². The summed E-state index contributed by atoms with van der Waals surface area (Å²) in [6.07, 6.45) is 3.75. The number of fused-ring (bicyclic) bond motifs is 3. The lowest BCUT2D eigenvalue weighted by Crippen LogP contribution is -2.46. The van der Waals surface area contributed by atoms with Crippen molar-refractivity contribution >= 4 is 17.6 Å². The van der Waals surface area contributed by atoms with Crippen LogP contribution in [0.3, 0.4) is 0 Å². The number of rotatable bonds is 2. The molecule has 3 aliphatic rings. The van der Waals surface area contributed by atoms with E-state index in [4.69, 9.17) is 0 Å². The number of hydrogen-bond donors (Lipinski definition) is 1. The first kappa shape index (κ1) is 13.8. The lowest BCUT2D eigenvalue weighted by atomic mass is 9.78. The highest BCUT2D eigenvalue weighted by Crippen LogP contribution is 2.53. The predicted octanol–water partition coefficient (Wildman–Crippen LogP) is 2.71. The zero-order chi connectivity index (χ0) is 15.4. The summed E-state index contributed by atoms with van der Waals surface area (Å²) in [5, 5.41) is 9.59. The molecule has 2 fully saturated rings. The third-order valence-corrected chi connectivity index (χ3v) is 5.93. The Bertz CT molecular complexity index is 641. The molecule has 4 rings (SSSR count). The standard InChI is InChI=1S/C18H21NO3/c1-10-8-11-4-2-3-5-14(11)19(10)17(20)15-12-6-7-13(9-12)16(15)18(21)22/h2-5,10,12-13,15-16H,6-9H2,1H3,(H,21,22)/t10-,12+,13+,15+,16-/m1/s1. The molecule has 116 valence electrons. The highest BCUT2D eigenvalue weighted by molar-refractivity contribution is 6.00. The van der Waals surface area contributed by atoms with Crippen molar-refractivity contribution in [2.45, 2.75) is 38.6 Å². The first-order chi connectivity index (χ1) is 10.6. The van der Waals surface area contributed by atoms with Gasteiger partial charge >= 0.3 is 5.97 Å². The second-order valence-corrected chi connectivity index (χ2v) is 7.11. The number of nitrogens with zero attached hydrogens (tertiary/aromatic N) is 1. The fraction of sp³-hybridized carbons (Fsp3) is 0.556. The summed E-state index contributed by atoms with van der Waals surface area (Å²) in [6, 6.07) is 8.12. The number of hydrogen-bond acceptors (Lipinski definition) is 2. The van der Waals surface area contributed by atoms with Crippen LogP contribution in [0.5, 0.6) is 0 Å². The van der Waals surface area contributed by atoms with Gasteiger partial charge in [0.2, 0.25) is 5.91 Å². The lowest BCUT2D eigenvalue weighted by Gasteiger charge is -2.33. The van der Waals surface area contributed by atoms with E-state index < -0.39 is 11.9 Å². The molecule has 2 aliphatic carbocycles. The van der Waals surface area contributed by atoms with Gasteiger partial charge in [-0.05, 0) is 56.1 Å². The van der Waals surface area contributed by atoms with E-state index in [2.05, 4.69) is 13.0 Å². The number of carboxylic acid groups (broad SMARTS) is 1. The molecule has 22 heavy (non-hydrogen) atoms. The van der Waals surface area contributed by atoms with E-state index in [9.17, 15) is 14.7 Å². The lowest BCUT2D eigenvalue weighted by molar-refractivity contribution is -0.149. The topological polar surface area (TPSA) is 57.6 Å². The molecule has 1 aliphatic heterocycles. The molecule has 0 radical (unpaired) electrons. The molecular weight excluding hydrogens is 278 g/mol. The highest BCUT2D eigenvalue weighted by Gasteiger charge is 2.55. The average molecular weight is 299 g/mol. The number of carbonyl (C=O) groups excluding carboxylic acids is 1. The van der Waals surface area contributed by atoms with Gasteiger partial charge in [0, 0.05) is 11.7 Å². The Morgan fingerprint density at radius 1 is 1.14 bits per heavy atom. The Balaban J connectivity index is 1.68. The molecule has 0 unspecified atom stereocenters. The minimum atomic E-state index is -0.786. The SMILES string of the molecule is C[C@@H]1Cc2ccccc2N1C(=O)[C@H]1[C@H]2CC[C@@H](C2)[C@H]1C(=O)O. The molecule has 2 bridgehead atoms. The molecule has 1 N–H and O–H groups in total. The first-order valence-corrected chi connectivity index (χ1v) is 8.21. The summed E-state index contributed by atoms with van der Waals surface area (Å²) < 4.78 is 0. The van der Waals surface area contributed by atoms with Crippen molar-refractivity contribution in [1.82, 2.24) is 0 Å². The van der Waals surface area contributed by atoms with Gasteiger partial charge in [0.1, 0.15) is 0 Å². The second kappa shape index (κ2) is 4.83. The number of para-hydroxylation sites is 1. The van der Waals surface area contributed by atoms with Gasteiger partial charge in [0.25, 0.3) is 0 Å². The Morgan fingerprint density at radius 3 is 2.55 bits per heavy atom. The smallest absolute Gasteiger partial charge is 0.307 e. The van der Waals surface area contributed by atoms with Crippen LogP contribution in [-0.2, 0) is 16.0 Å².